The zero-order valence-electron chi connectivity index (χ0n) is 7.86. The van der Waals surface area contributed by atoms with Crippen LogP contribution in [0.4, 0.5) is 0 Å². The van der Waals surface area contributed by atoms with E-state index in [1.165, 1.54) is 0 Å². The van der Waals surface area contributed by atoms with Crippen LogP contribution >= 0.6 is 0 Å². The van der Waals surface area contributed by atoms with E-state index >= 15 is 0 Å². The average molecular weight is 172 g/mol. The average Bonchev–Trinajstić information content (AvgIpc) is 2.15. The molecule has 66 valence electrons. The first kappa shape index (κ1) is 9.47. The van der Waals surface area contributed by atoms with E-state index in [1.807, 2.05) is 32.0 Å². The first-order valence-electron chi connectivity index (χ1n) is 4.25. The van der Waals surface area contributed by atoms with Crippen LogP contribution in [0.15, 0.2) is 29.3 Å². The minimum atomic E-state index is 0.297. The zero-order valence-corrected chi connectivity index (χ0v) is 7.86. The third-order valence-corrected chi connectivity index (χ3v) is 1.54. The number of benzene rings is 1. The summed E-state index contributed by atoms with van der Waals surface area (Å²) in [6.07, 6.45) is 1.80. The first-order chi connectivity index (χ1) is 6.22. The molecule has 0 aliphatic carbocycles. The van der Waals surface area contributed by atoms with Gasteiger partial charge in [-0.1, -0.05) is 12.1 Å². The second-order valence-corrected chi connectivity index (χ2v) is 3.11. The third-order valence-electron chi connectivity index (χ3n) is 1.54. The molecule has 1 rings (SSSR count). The van der Waals surface area contributed by atoms with Crippen LogP contribution in [-0.4, -0.2) is 12.3 Å². The lowest BCUT2D eigenvalue weighted by molar-refractivity contribution is 0.841. The van der Waals surface area contributed by atoms with Crippen molar-refractivity contribution in [2.24, 2.45) is 4.99 Å². The van der Waals surface area contributed by atoms with Crippen LogP contribution in [0.25, 0.3) is 0 Å². The fourth-order valence-electron chi connectivity index (χ4n) is 0.924. The molecule has 0 fully saturated rings. The minimum Gasteiger partial charge on any atom is -0.290 e. The van der Waals surface area contributed by atoms with Crippen LogP contribution in [0.3, 0.4) is 0 Å². The van der Waals surface area contributed by atoms with Gasteiger partial charge in [0.25, 0.3) is 0 Å². The molecule has 0 atom stereocenters. The van der Waals surface area contributed by atoms with Crippen molar-refractivity contribution in [1.82, 2.24) is 0 Å². The van der Waals surface area contributed by atoms with E-state index in [-0.39, 0.29) is 0 Å². The molecule has 0 aliphatic rings. The fourth-order valence-corrected chi connectivity index (χ4v) is 0.924. The van der Waals surface area contributed by atoms with Gasteiger partial charge in [0.1, 0.15) is 0 Å². The van der Waals surface area contributed by atoms with Crippen LogP contribution < -0.4 is 0 Å². The summed E-state index contributed by atoms with van der Waals surface area (Å²) in [5.74, 6) is 0. The van der Waals surface area contributed by atoms with Gasteiger partial charge in [-0.15, -0.1) is 0 Å². The summed E-state index contributed by atoms with van der Waals surface area (Å²) >= 11 is 0. The summed E-state index contributed by atoms with van der Waals surface area (Å²) in [5.41, 5.74) is 1.65. The van der Waals surface area contributed by atoms with E-state index in [0.717, 1.165) is 5.56 Å². The molecule has 0 amide bonds. The predicted octanol–water partition coefficient (Wildman–Crippen LogP) is 2.39. The highest BCUT2D eigenvalue weighted by atomic mass is 14.7. The van der Waals surface area contributed by atoms with Gasteiger partial charge in [0.05, 0.1) is 11.6 Å². The first-order valence-corrected chi connectivity index (χ1v) is 4.25. The Labute approximate surface area is 78.5 Å². The van der Waals surface area contributed by atoms with E-state index in [9.17, 15) is 0 Å². The molecule has 1 aromatic rings. The van der Waals surface area contributed by atoms with E-state index in [2.05, 4.69) is 11.1 Å². The van der Waals surface area contributed by atoms with Crippen molar-refractivity contribution in [3.63, 3.8) is 0 Å². The smallest absolute Gasteiger partial charge is 0.0991 e. The normalized spacial score (nSPS) is 10.6. The monoisotopic (exact) mass is 172 g/mol. The number of hydrogen-bond acceptors (Lipinski definition) is 2. The molecule has 0 aromatic heterocycles. The molecule has 0 bridgehead atoms. The van der Waals surface area contributed by atoms with Crippen molar-refractivity contribution in [3.8, 4) is 6.07 Å². The number of nitrogens with zero attached hydrogens (tertiary/aromatic N) is 2. The van der Waals surface area contributed by atoms with Crippen LogP contribution in [-0.2, 0) is 0 Å². The van der Waals surface area contributed by atoms with Gasteiger partial charge in [0.2, 0.25) is 0 Å². The maximum Gasteiger partial charge on any atom is 0.0991 e. The van der Waals surface area contributed by atoms with E-state index in [0.29, 0.717) is 11.6 Å². The molecule has 2 heteroatoms. The Morgan fingerprint density at radius 2 is 2.23 bits per heavy atom. The highest BCUT2D eigenvalue weighted by Crippen LogP contribution is 2.01. The van der Waals surface area contributed by atoms with Gasteiger partial charge in [-0.05, 0) is 31.5 Å². The number of aliphatic imine (C=N–C) groups is 1. The van der Waals surface area contributed by atoms with Crippen molar-refractivity contribution < 1.29 is 0 Å². The Hall–Kier alpha value is -1.62. The van der Waals surface area contributed by atoms with Crippen molar-refractivity contribution in [3.05, 3.63) is 35.4 Å². The van der Waals surface area contributed by atoms with E-state index < -0.39 is 0 Å². The Kier molecular flexibility index (Phi) is 3.22. The molecule has 0 radical (unpaired) electrons. The lowest BCUT2D eigenvalue weighted by Gasteiger charge is -1.95. The van der Waals surface area contributed by atoms with Gasteiger partial charge in [-0.25, -0.2) is 0 Å². The standard InChI is InChI=1S/C11H12N2/c1-9(2)13-8-11-5-3-4-10(6-11)7-12/h3-6,8-9H,1-2H3. The van der Waals surface area contributed by atoms with Crippen molar-refractivity contribution in [1.29, 1.82) is 5.26 Å². The summed E-state index contributed by atoms with van der Waals surface area (Å²) in [6.45, 7) is 4.04. The summed E-state index contributed by atoms with van der Waals surface area (Å²) in [6, 6.07) is 9.80. The van der Waals surface area contributed by atoms with E-state index in [4.69, 9.17) is 5.26 Å². The molecular formula is C11H12N2. The quantitative estimate of drug-likeness (QED) is 0.631. The number of hydrogen-bond donors (Lipinski definition) is 0. The second-order valence-electron chi connectivity index (χ2n) is 3.11. The third kappa shape index (κ3) is 3.08. The Morgan fingerprint density at radius 1 is 1.46 bits per heavy atom. The van der Waals surface area contributed by atoms with Gasteiger partial charge in [0.15, 0.2) is 0 Å². The van der Waals surface area contributed by atoms with Crippen molar-refractivity contribution in [2.75, 3.05) is 0 Å². The van der Waals surface area contributed by atoms with Gasteiger partial charge in [-0.2, -0.15) is 5.26 Å². The second kappa shape index (κ2) is 4.42. The SMILES string of the molecule is CC(C)N=Cc1cccc(C#N)c1. The lowest BCUT2D eigenvalue weighted by Crippen LogP contribution is -1.90. The molecule has 0 heterocycles. The molecule has 0 saturated carbocycles. The van der Waals surface area contributed by atoms with Crippen LogP contribution in [0, 0.1) is 11.3 Å². The van der Waals surface area contributed by atoms with Gasteiger partial charge >= 0.3 is 0 Å². The molecule has 2 nitrogen and oxygen atoms in total. The highest BCUT2D eigenvalue weighted by Gasteiger charge is 1.91. The molecule has 0 spiro atoms. The summed E-state index contributed by atoms with van der Waals surface area (Å²) in [5, 5.41) is 8.64. The molecule has 0 saturated heterocycles. The van der Waals surface area contributed by atoms with Crippen LogP contribution in [0.5, 0.6) is 0 Å². The summed E-state index contributed by atoms with van der Waals surface area (Å²) < 4.78 is 0. The maximum atomic E-state index is 8.64. The molecule has 0 aliphatic heterocycles. The summed E-state index contributed by atoms with van der Waals surface area (Å²) in [4.78, 5) is 4.24. The van der Waals surface area contributed by atoms with Crippen LogP contribution in [0.1, 0.15) is 25.0 Å². The molecule has 0 N–H and O–H groups in total. The fraction of sp³-hybridized carbons (Fsp3) is 0.273. The maximum absolute atomic E-state index is 8.64. The molecule has 13 heavy (non-hydrogen) atoms. The minimum absolute atomic E-state index is 0.297. The summed E-state index contributed by atoms with van der Waals surface area (Å²) in [7, 11) is 0. The molecular weight excluding hydrogens is 160 g/mol. The van der Waals surface area contributed by atoms with Crippen LogP contribution in [0.2, 0.25) is 0 Å². The Bertz CT molecular complexity index is 345. The highest BCUT2D eigenvalue weighted by molar-refractivity contribution is 5.80. The number of nitriles is 1. The Balaban J connectivity index is 2.85. The Morgan fingerprint density at radius 3 is 2.85 bits per heavy atom. The zero-order chi connectivity index (χ0) is 9.68. The largest absolute Gasteiger partial charge is 0.290 e. The van der Waals surface area contributed by atoms with Gasteiger partial charge in [-0.3, -0.25) is 4.99 Å². The predicted molar refractivity (Wildman–Crippen MR) is 53.9 cm³/mol. The van der Waals surface area contributed by atoms with Gasteiger partial charge in [0, 0.05) is 12.3 Å². The van der Waals surface area contributed by atoms with Gasteiger partial charge < -0.3 is 0 Å². The van der Waals surface area contributed by atoms with Crippen molar-refractivity contribution in [2.45, 2.75) is 19.9 Å². The topological polar surface area (TPSA) is 36.1 Å². The molecule has 1 aromatic carbocycles. The van der Waals surface area contributed by atoms with E-state index in [1.54, 1.807) is 12.3 Å². The van der Waals surface area contributed by atoms with Crippen molar-refractivity contribution >= 4 is 6.21 Å². The lowest BCUT2D eigenvalue weighted by atomic mass is 10.1. The molecule has 0 unspecified atom stereocenters. The number of rotatable bonds is 2.